The average Bonchev–Trinajstić information content (AvgIpc) is 3.35. The zero-order chi connectivity index (χ0) is 25.2. The van der Waals surface area contributed by atoms with Gasteiger partial charge in [0.2, 0.25) is 0 Å². The van der Waals surface area contributed by atoms with E-state index in [1.54, 1.807) is 0 Å². The highest BCUT2D eigenvalue weighted by Crippen LogP contribution is 2.60. The van der Waals surface area contributed by atoms with Crippen LogP contribution >= 0.6 is 15.9 Å². The van der Waals surface area contributed by atoms with Crippen molar-refractivity contribution in [3.05, 3.63) is 118 Å². The van der Waals surface area contributed by atoms with Crippen molar-refractivity contribution in [3.8, 4) is 6.07 Å². The molecule has 0 spiro atoms. The summed E-state index contributed by atoms with van der Waals surface area (Å²) in [6.07, 6.45) is 4.45. The second-order valence-corrected chi connectivity index (χ2v) is 12.1. The maximum absolute atomic E-state index is 10.6. The topological polar surface area (TPSA) is 23.8 Å². The zero-order valence-electron chi connectivity index (χ0n) is 21.8. The number of halogens is 2. The largest absolute Gasteiger partial charge is 1.00 e. The molecule has 2 unspecified atom stereocenters. The Balaban J connectivity index is 0.00000320. The van der Waals surface area contributed by atoms with E-state index in [-0.39, 0.29) is 17.0 Å². The highest BCUT2D eigenvalue weighted by molar-refractivity contribution is 9.10. The number of allylic oxidation sites excluding steroid dienone is 1. The van der Waals surface area contributed by atoms with Crippen LogP contribution < -0.4 is 17.0 Å². The van der Waals surface area contributed by atoms with Crippen molar-refractivity contribution in [2.45, 2.75) is 38.6 Å². The molecule has 2 nitrogen and oxygen atoms in total. The SMILES string of the molecule is CC(C)=CCC[N+]1(Cc2ccc(Br)cc2)CC2C(CC(C#N)(c3ccccc3)c3ccccc3)C2C1.[Br-]. The zero-order valence-corrected chi connectivity index (χ0v) is 25.0. The summed E-state index contributed by atoms with van der Waals surface area (Å²) >= 11 is 3.59. The molecule has 1 aliphatic carbocycles. The van der Waals surface area contributed by atoms with Crippen LogP contribution in [0.5, 0.6) is 0 Å². The Kier molecular flexibility index (Phi) is 8.79. The Morgan fingerprint density at radius 1 is 0.919 bits per heavy atom. The van der Waals surface area contributed by atoms with E-state index in [1.807, 2.05) is 12.1 Å². The van der Waals surface area contributed by atoms with Crippen LogP contribution in [0.25, 0.3) is 0 Å². The van der Waals surface area contributed by atoms with Crippen LogP contribution in [-0.4, -0.2) is 24.1 Å². The van der Waals surface area contributed by atoms with Gasteiger partial charge in [0.15, 0.2) is 0 Å². The van der Waals surface area contributed by atoms with E-state index in [0.717, 1.165) is 35.0 Å². The Morgan fingerprint density at radius 3 is 1.95 bits per heavy atom. The quantitative estimate of drug-likeness (QED) is 0.247. The fraction of sp³-hybridized carbons (Fsp3) is 0.364. The van der Waals surface area contributed by atoms with E-state index in [4.69, 9.17) is 0 Å². The summed E-state index contributed by atoms with van der Waals surface area (Å²) < 4.78 is 2.31. The van der Waals surface area contributed by atoms with Crippen LogP contribution in [0.2, 0.25) is 0 Å². The lowest BCUT2D eigenvalue weighted by Crippen LogP contribution is -3.00. The number of nitrogens with zero attached hydrogens (tertiary/aromatic N) is 2. The second-order valence-electron chi connectivity index (χ2n) is 11.2. The molecule has 4 heteroatoms. The first-order valence-electron chi connectivity index (χ1n) is 13.2. The summed E-state index contributed by atoms with van der Waals surface area (Å²) in [5, 5.41) is 10.6. The maximum Gasteiger partial charge on any atom is 0.107 e. The molecule has 0 aromatic heterocycles. The van der Waals surface area contributed by atoms with Gasteiger partial charge in [0, 0.05) is 28.3 Å². The molecule has 0 radical (unpaired) electrons. The molecule has 0 bridgehead atoms. The van der Waals surface area contributed by atoms with Crippen molar-refractivity contribution in [2.75, 3.05) is 19.6 Å². The van der Waals surface area contributed by atoms with Gasteiger partial charge in [0.25, 0.3) is 0 Å². The Morgan fingerprint density at radius 2 is 1.46 bits per heavy atom. The van der Waals surface area contributed by atoms with Gasteiger partial charge in [-0.1, -0.05) is 100 Å². The molecule has 192 valence electrons. The van der Waals surface area contributed by atoms with Crippen molar-refractivity contribution >= 4 is 15.9 Å². The van der Waals surface area contributed by atoms with E-state index in [1.165, 1.54) is 35.3 Å². The lowest BCUT2D eigenvalue weighted by molar-refractivity contribution is -0.934. The summed E-state index contributed by atoms with van der Waals surface area (Å²) in [4.78, 5) is 0. The molecule has 5 rings (SSSR count). The minimum atomic E-state index is -0.582. The summed E-state index contributed by atoms with van der Waals surface area (Å²) in [5.41, 5.74) is 4.50. The number of hydrogen-bond acceptors (Lipinski definition) is 1. The van der Waals surface area contributed by atoms with Crippen molar-refractivity contribution < 1.29 is 21.5 Å². The molecule has 2 aliphatic rings. The minimum Gasteiger partial charge on any atom is -1.00 e. The Hall–Kier alpha value is -2.19. The normalized spacial score (nSPS) is 23.9. The molecule has 1 heterocycles. The number of fused-ring (bicyclic) bond motifs is 1. The first-order chi connectivity index (χ1) is 17.4. The van der Waals surface area contributed by atoms with Crippen LogP contribution in [0.4, 0.5) is 0 Å². The van der Waals surface area contributed by atoms with E-state index < -0.39 is 5.41 Å². The molecule has 2 atom stereocenters. The molecule has 2 fully saturated rings. The van der Waals surface area contributed by atoms with Gasteiger partial charge in [0.1, 0.15) is 12.0 Å². The van der Waals surface area contributed by atoms with Gasteiger partial charge in [-0.25, -0.2) is 0 Å². The Labute approximate surface area is 241 Å². The van der Waals surface area contributed by atoms with Crippen LogP contribution in [0, 0.1) is 29.1 Å². The summed E-state index contributed by atoms with van der Waals surface area (Å²) in [6.45, 7) is 9.16. The molecule has 1 saturated heterocycles. The first-order valence-corrected chi connectivity index (χ1v) is 14.0. The molecule has 1 aliphatic heterocycles. The number of benzene rings is 3. The van der Waals surface area contributed by atoms with Crippen LogP contribution in [0.3, 0.4) is 0 Å². The van der Waals surface area contributed by atoms with Gasteiger partial charge in [-0.15, -0.1) is 0 Å². The van der Waals surface area contributed by atoms with Gasteiger partial charge >= 0.3 is 0 Å². The first kappa shape index (κ1) is 27.8. The number of rotatable bonds is 9. The van der Waals surface area contributed by atoms with Crippen LogP contribution in [0.15, 0.2) is 101 Å². The third-order valence-electron chi connectivity index (χ3n) is 8.56. The average molecular weight is 620 g/mol. The lowest BCUT2D eigenvalue weighted by atomic mass is 9.71. The second kappa shape index (κ2) is 11.7. The molecular formula is C33H36Br2N2. The monoisotopic (exact) mass is 618 g/mol. The fourth-order valence-corrected chi connectivity index (χ4v) is 6.97. The molecular weight excluding hydrogens is 584 g/mol. The summed E-state index contributed by atoms with van der Waals surface area (Å²) in [6, 6.07) is 32.6. The van der Waals surface area contributed by atoms with E-state index >= 15 is 0 Å². The Bertz CT molecular complexity index is 1190. The number of quaternary nitrogens is 1. The number of nitriles is 1. The predicted octanol–water partition coefficient (Wildman–Crippen LogP) is 4.90. The van der Waals surface area contributed by atoms with Crippen LogP contribution in [0.1, 0.15) is 43.4 Å². The van der Waals surface area contributed by atoms with E-state index in [0.29, 0.717) is 17.8 Å². The molecule has 1 saturated carbocycles. The fourth-order valence-electron chi connectivity index (χ4n) is 6.71. The van der Waals surface area contributed by atoms with Crippen molar-refractivity contribution in [3.63, 3.8) is 0 Å². The van der Waals surface area contributed by atoms with Gasteiger partial charge in [0.05, 0.1) is 25.7 Å². The highest BCUT2D eigenvalue weighted by atomic mass is 79.9. The smallest absolute Gasteiger partial charge is 0.107 e. The molecule has 3 aromatic carbocycles. The highest BCUT2D eigenvalue weighted by Gasteiger charge is 2.64. The standard InChI is InChI=1S/C33H36BrN2.BrH/c1-25(2)10-9-19-36(21-26-15-17-29(34)18-16-26)22-31-30(32(31)23-36)20-33(24-35,27-11-5-3-6-12-27)28-13-7-4-8-14-28;/h3-8,10-18,30-32H,9,19-23H2,1-2H3;1H/q+1;/p-1. The van der Waals surface area contributed by atoms with Crippen molar-refractivity contribution in [2.24, 2.45) is 17.8 Å². The van der Waals surface area contributed by atoms with Crippen LogP contribution in [-0.2, 0) is 12.0 Å². The lowest BCUT2D eigenvalue weighted by Gasteiger charge is -2.38. The van der Waals surface area contributed by atoms with Gasteiger partial charge < -0.3 is 21.5 Å². The van der Waals surface area contributed by atoms with E-state index in [9.17, 15) is 5.26 Å². The number of likely N-dealkylation sites (tertiary alicyclic amines) is 1. The van der Waals surface area contributed by atoms with Gasteiger partial charge in [-0.05, 0) is 49.4 Å². The van der Waals surface area contributed by atoms with E-state index in [2.05, 4.69) is 115 Å². The summed E-state index contributed by atoms with van der Waals surface area (Å²) in [5.74, 6) is 2.05. The van der Waals surface area contributed by atoms with Crippen molar-refractivity contribution in [1.29, 1.82) is 5.26 Å². The molecule has 3 aromatic rings. The maximum atomic E-state index is 10.6. The number of piperidine rings is 1. The third-order valence-corrected chi connectivity index (χ3v) is 9.09. The third kappa shape index (κ3) is 5.95. The van der Waals surface area contributed by atoms with Crippen molar-refractivity contribution in [1.82, 2.24) is 0 Å². The molecule has 37 heavy (non-hydrogen) atoms. The molecule has 0 N–H and O–H groups in total. The van der Waals surface area contributed by atoms with Gasteiger partial charge in [-0.2, -0.15) is 5.26 Å². The number of hydrogen-bond donors (Lipinski definition) is 0. The molecule has 0 amide bonds. The summed E-state index contributed by atoms with van der Waals surface area (Å²) in [7, 11) is 0. The minimum absolute atomic E-state index is 0. The van der Waals surface area contributed by atoms with Gasteiger partial charge in [-0.3, -0.25) is 0 Å². The predicted molar refractivity (Wildman–Crippen MR) is 151 cm³/mol.